The largest absolute Gasteiger partial charge is 0.435 e. The third-order valence-corrected chi connectivity index (χ3v) is 4.89. The quantitative estimate of drug-likeness (QED) is 0.360. The van der Waals surface area contributed by atoms with Gasteiger partial charge in [-0.05, 0) is 56.0 Å². The lowest BCUT2D eigenvalue weighted by atomic mass is 9.93. The molecule has 1 amide bonds. The van der Waals surface area contributed by atoms with Crippen molar-refractivity contribution < 1.29 is 36.2 Å². The Morgan fingerprint density at radius 2 is 1.62 bits per heavy atom. The number of nitrogens with zero attached hydrogens (tertiary/aromatic N) is 3. The highest BCUT2D eigenvalue weighted by Gasteiger charge is 2.37. The molecule has 32 heavy (non-hydrogen) atoms. The molecule has 0 radical (unpaired) electrons. The molecule has 3 N–H and O–H groups in total. The molecule has 1 unspecified atom stereocenters. The maximum atomic E-state index is 12.8. The van der Waals surface area contributed by atoms with E-state index in [0.717, 1.165) is 24.3 Å². The predicted octanol–water partition coefficient (Wildman–Crippen LogP) is 3.92. The number of carbonyl (C=O) groups is 1. The van der Waals surface area contributed by atoms with Gasteiger partial charge >= 0.3 is 12.4 Å². The summed E-state index contributed by atoms with van der Waals surface area (Å²) in [5.41, 5.74) is -2.26. The molecule has 2 aliphatic rings. The van der Waals surface area contributed by atoms with Gasteiger partial charge in [0.25, 0.3) is 5.91 Å². The van der Waals surface area contributed by atoms with E-state index < -0.39 is 41.8 Å². The number of aliphatic hydroxyl groups is 1. The number of aliphatic imine (C=N–C) groups is 1. The van der Waals surface area contributed by atoms with Gasteiger partial charge in [-0.3, -0.25) is 10.1 Å². The van der Waals surface area contributed by atoms with Crippen molar-refractivity contribution in [2.24, 2.45) is 15.2 Å². The van der Waals surface area contributed by atoms with E-state index in [2.05, 4.69) is 25.9 Å². The van der Waals surface area contributed by atoms with Crippen molar-refractivity contribution >= 4 is 11.9 Å². The summed E-state index contributed by atoms with van der Waals surface area (Å²) < 4.78 is 76.4. The van der Waals surface area contributed by atoms with E-state index in [1.54, 1.807) is 0 Å². The van der Waals surface area contributed by atoms with Crippen molar-refractivity contribution in [3.8, 4) is 0 Å². The van der Waals surface area contributed by atoms with Crippen LogP contribution >= 0.6 is 0 Å². The van der Waals surface area contributed by atoms with Crippen LogP contribution < -0.4 is 10.6 Å². The molecule has 1 aliphatic heterocycles. The molecular formula is C19H19F6N5O2. The number of amides is 1. The summed E-state index contributed by atoms with van der Waals surface area (Å²) in [6.45, 7) is 0. The fraction of sp³-hybridized carbons (Fsp3) is 0.474. The van der Waals surface area contributed by atoms with Gasteiger partial charge in [0.2, 0.25) is 5.96 Å². The Hall–Kier alpha value is -2.96. The Bertz CT molecular complexity index is 916. The smallest absolute Gasteiger partial charge is 0.393 e. The number of halogens is 6. The Morgan fingerprint density at radius 3 is 2.16 bits per heavy atom. The van der Waals surface area contributed by atoms with E-state index in [4.69, 9.17) is 0 Å². The number of nitrogens with one attached hydrogen (secondary N) is 2. The highest BCUT2D eigenvalue weighted by atomic mass is 19.4. The zero-order valence-electron chi connectivity index (χ0n) is 16.4. The van der Waals surface area contributed by atoms with Crippen LogP contribution in [-0.2, 0) is 6.18 Å². The molecule has 0 spiro atoms. The topological polar surface area (TPSA) is 98.4 Å². The lowest BCUT2D eigenvalue weighted by Gasteiger charge is -2.27. The lowest BCUT2D eigenvalue weighted by molar-refractivity contribution is -0.137. The van der Waals surface area contributed by atoms with Crippen LogP contribution in [0.3, 0.4) is 0 Å². The normalized spacial score (nSPS) is 24.3. The summed E-state index contributed by atoms with van der Waals surface area (Å²) in [6, 6.07) is 3.21. The zero-order valence-corrected chi connectivity index (χ0v) is 16.4. The SMILES string of the molecule is O=C(NC(=NC1C=C(C(F)(F)F)N=N1)NC1CCC(O)CC1)c1ccc(C(F)(F)F)cc1. The van der Waals surface area contributed by atoms with Gasteiger partial charge in [-0.2, -0.15) is 31.5 Å². The van der Waals surface area contributed by atoms with Crippen molar-refractivity contribution in [1.82, 2.24) is 10.6 Å². The molecule has 1 fully saturated rings. The number of hydrogen-bond donors (Lipinski definition) is 3. The Morgan fingerprint density at radius 1 is 1.00 bits per heavy atom. The number of allylic oxidation sites excluding steroid dienone is 1. The third kappa shape index (κ3) is 6.28. The van der Waals surface area contributed by atoms with Crippen LogP contribution in [0.2, 0.25) is 0 Å². The van der Waals surface area contributed by atoms with Crippen molar-refractivity contribution in [2.45, 2.75) is 56.3 Å². The van der Waals surface area contributed by atoms with Crippen molar-refractivity contribution in [1.29, 1.82) is 0 Å². The summed E-state index contributed by atoms with van der Waals surface area (Å²) in [7, 11) is 0. The number of aliphatic hydroxyl groups excluding tert-OH is 1. The standard InChI is InChI=1S/C19H19F6N5O2/c20-18(21,22)11-3-1-10(2-4-11)16(32)28-17(26-12-5-7-13(31)8-6-12)27-15-9-14(29-30-15)19(23,24)25/h1-4,9,12-13,15,31H,5-8H2,(H2,26,27,28,32). The second-order valence-electron chi connectivity index (χ2n) is 7.34. The van der Waals surface area contributed by atoms with Gasteiger partial charge < -0.3 is 10.4 Å². The molecular weight excluding hydrogens is 444 g/mol. The molecule has 1 aliphatic carbocycles. The monoisotopic (exact) mass is 463 g/mol. The lowest BCUT2D eigenvalue weighted by Crippen LogP contribution is -2.47. The minimum atomic E-state index is -4.70. The first-order valence-electron chi connectivity index (χ1n) is 9.62. The minimum Gasteiger partial charge on any atom is -0.393 e. The number of benzene rings is 1. The first kappa shape index (κ1) is 23.7. The van der Waals surface area contributed by atoms with Crippen molar-refractivity contribution in [3.63, 3.8) is 0 Å². The van der Waals surface area contributed by atoms with Gasteiger partial charge in [0.15, 0.2) is 11.9 Å². The molecule has 174 valence electrons. The van der Waals surface area contributed by atoms with Crippen LogP contribution in [0, 0.1) is 0 Å². The highest BCUT2D eigenvalue weighted by molar-refractivity contribution is 6.05. The molecule has 1 aromatic carbocycles. The van der Waals surface area contributed by atoms with Crippen molar-refractivity contribution in [3.05, 3.63) is 47.2 Å². The van der Waals surface area contributed by atoms with Crippen LogP contribution in [0.25, 0.3) is 0 Å². The predicted molar refractivity (Wildman–Crippen MR) is 101 cm³/mol. The highest BCUT2D eigenvalue weighted by Crippen LogP contribution is 2.31. The summed E-state index contributed by atoms with van der Waals surface area (Å²) in [4.78, 5) is 16.5. The third-order valence-electron chi connectivity index (χ3n) is 4.89. The molecule has 0 saturated heterocycles. The molecule has 1 heterocycles. The molecule has 13 heteroatoms. The second kappa shape index (κ2) is 9.27. The van der Waals surface area contributed by atoms with Gasteiger partial charge in [-0.15, -0.1) is 5.11 Å². The van der Waals surface area contributed by atoms with Crippen LogP contribution in [0.15, 0.2) is 51.3 Å². The van der Waals surface area contributed by atoms with Crippen LogP contribution in [0.5, 0.6) is 0 Å². The summed E-state index contributed by atoms with van der Waals surface area (Å²) in [5, 5.41) is 21.4. The van der Waals surface area contributed by atoms with Gasteiger partial charge in [0, 0.05) is 11.6 Å². The van der Waals surface area contributed by atoms with E-state index >= 15 is 0 Å². The van der Waals surface area contributed by atoms with E-state index in [-0.39, 0.29) is 17.6 Å². The Balaban J connectivity index is 1.77. The number of hydrogen-bond acceptors (Lipinski definition) is 5. The Labute approximate surface area is 178 Å². The van der Waals surface area contributed by atoms with E-state index in [9.17, 15) is 36.2 Å². The number of azo groups is 1. The first-order chi connectivity index (χ1) is 14.9. The second-order valence-corrected chi connectivity index (χ2v) is 7.34. The maximum Gasteiger partial charge on any atom is 0.435 e. The number of carbonyl (C=O) groups excluding carboxylic acids is 1. The zero-order chi connectivity index (χ0) is 23.5. The van der Waals surface area contributed by atoms with E-state index in [1.165, 1.54) is 0 Å². The fourth-order valence-electron chi connectivity index (χ4n) is 3.19. The first-order valence-corrected chi connectivity index (χ1v) is 9.62. The summed E-state index contributed by atoms with van der Waals surface area (Å²) in [5.74, 6) is -1.00. The Kier molecular flexibility index (Phi) is 6.86. The van der Waals surface area contributed by atoms with Crippen LogP contribution in [0.1, 0.15) is 41.6 Å². The summed E-state index contributed by atoms with van der Waals surface area (Å²) in [6.07, 6.45) is -8.38. The van der Waals surface area contributed by atoms with E-state index in [1.807, 2.05) is 0 Å². The molecule has 1 aromatic rings. The average Bonchev–Trinajstić information content (AvgIpc) is 3.18. The van der Waals surface area contributed by atoms with Gasteiger partial charge in [0.05, 0.1) is 11.7 Å². The number of guanidine groups is 1. The molecule has 0 bridgehead atoms. The van der Waals surface area contributed by atoms with Gasteiger partial charge in [0.1, 0.15) is 0 Å². The molecule has 1 atom stereocenters. The molecule has 7 nitrogen and oxygen atoms in total. The van der Waals surface area contributed by atoms with Crippen LogP contribution in [-0.4, -0.2) is 41.5 Å². The fourth-order valence-corrected chi connectivity index (χ4v) is 3.19. The number of alkyl halides is 6. The number of rotatable bonds is 3. The average molecular weight is 463 g/mol. The molecule has 3 rings (SSSR count). The van der Waals surface area contributed by atoms with Gasteiger partial charge in [-0.1, -0.05) is 0 Å². The van der Waals surface area contributed by atoms with Crippen molar-refractivity contribution in [2.75, 3.05) is 0 Å². The van der Waals surface area contributed by atoms with E-state index in [0.29, 0.717) is 31.8 Å². The summed E-state index contributed by atoms with van der Waals surface area (Å²) >= 11 is 0. The molecule has 0 aromatic heterocycles. The maximum absolute atomic E-state index is 12.8. The minimum absolute atomic E-state index is 0.105. The molecule has 1 saturated carbocycles. The van der Waals surface area contributed by atoms with Gasteiger partial charge in [-0.25, -0.2) is 4.99 Å². The van der Waals surface area contributed by atoms with Crippen LogP contribution in [0.4, 0.5) is 26.3 Å².